The summed E-state index contributed by atoms with van der Waals surface area (Å²) in [5, 5.41) is 4.83. The molecule has 0 saturated carbocycles. The minimum Gasteiger partial charge on any atom is -0.310 e. The van der Waals surface area contributed by atoms with Crippen molar-refractivity contribution >= 4 is 49.6 Å². The van der Waals surface area contributed by atoms with Crippen LogP contribution >= 0.6 is 0 Å². The van der Waals surface area contributed by atoms with Crippen LogP contribution in [0.5, 0.6) is 0 Å². The summed E-state index contributed by atoms with van der Waals surface area (Å²) in [6, 6.07) is 107. The summed E-state index contributed by atoms with van der Waals surface area (Å²) in [6.07, 6.45) is 0. The van der Waals surface area contributed by atoms with E-state index in [-0.39, 0.29) is 0 Å². The van der Waals surface area contributed by atoms with Crippen molar-refractivity contribution in [1.29, 1.82) is 0 Å². The van der Waals surface area contributed by atoms with Crippen LogP contribution in [0.25, 0.3) is 82.8 Å². The number of anilines is 3. The van der Waals surface area contributed by atoms with E-state index >= 15 is 0 Å². The summed E-state index contributed by atoms with van der Waals surface area (Å²) < 4.78 is 2.45. The Morgan fingerprint density at radius 1 is 0.288 bits per heavy atom. The normalized spacial score (nSPS) is 12.5. The number of para-hydroxylation sites is 2. The molecule has 1 aliphatic carbocycles. The lowest BCUT2D eigenvalue weighted by molar-refractivity contribution is 0.768. The molecule has 0 bridgehead atoms. The van der Waals surface area contributed by atoms with Gasteiger partial charge in [-0.15, -0.1) is 0 Å². The number of benzene rings is 12. The third-order valence-corrected chi connectivity index (χ3v) is 15.2. The van der Waals surface area contributed by atoms with Gasteiger partial charge in [0.25, 0.3) is 0 Å². The maximum Gasteiger partial charge on any atom is 0.0714 e. The van der Waals surface area contributed by atoms with E-state index in [2.05, 4.69) is 301 Å². The van der Waals surface area contributed by atoms with Gasteiger partial charge in [-0.2, -0.15) is 0 Å². The summed E-state index contributed by atoms with van der Waals surface area (Å²) in [5.41, 5.74) is 20.8. The molecule has 0 unspecified atom stereocenters. The molecule has 0 spiro atoms. The van der Waals surface area contributed by atoms with Crippen LogP contribution in [0, 0.1) is 0 Å². The highest BCUT2D eigenvalue weighted by atomic mass is 15.1. The molecule has 1 heterocycles. The molecule has 0 radical (unpaired) electrons. The van der Waals surface area contributed by atoms with Gasteiger partial charge in [0.1, 0.15) is 0 Å². The Morgan fingerprint density at radius 3 is 1.53 bits per heavy atom. The monoisotopic (exact) mass is 928 g/mol. The van der Waals surface area contributed by atoms with Gasteiger partial charge < -0.3 is 9.47 Å². The Hall–Kier alpha value is -9.50. The summed E-state index contributed by atoms with van der Waals surface area (Å²) in [7, 11) is 0. The van der Waals surface area contributed by atoms with Crippen molar-refractivity contribution in [2.24, 2.45) is 0 Å². The molecule has 0 amide bonds. The molecule has 1 aliphatic rings. The third-order valence-electron chi connectivity index (χ3n) is 15.2. The van der Waals surface area contributed by atoms with Gasteiger partial charge in [-0.1, -0.05) is 224 Å². The molecule has 2 nitrogen and oxygen atoms in total. The van der Waals surface area contributed by atoms with E-state index in [0.29, 0.717) is 0 Å². The first kappa shape index (κ1) is 42.4. The van der Waals surface area contributed by atoms with Crippen LogP contribution in [0.2, 0.25) is 0 Å². The Balaban J connectivity index is 0.981. The topological polar surface area (TPSA) is 8.17 Å². The molecule has 1 aromatic heterocycles. The molecule has 0 aliphatic heterocycles. The third kappa shape index (κ3) is 6.94. The van der Waals surface area contributed by atoms with Gasteiger partial charge in [0.05, 0.1) is 22.1 Å². The number of hydrogen-bond donors (Lipinski definition) is 0. The van der Waals surface area contributed by atoms with Crippen molar-refractivity contribution in [2.75, 3.05) is 4.90 Å². The maximum atomic E-state index is 2.49. The molecular weight excluding hydrogens is 881 g/mol. The number of hydrogen-bond acceptors (Lipinski definition) is 1. The number of fused-ring (bicyclic) bond motifs is 7. The van der Waals surface area contributed by atoms with Crippen LogP contribution in [0.15, 0.2) is 291 Å². The van der Waals surface area contributed by atoms with Crippen molar-refractivity contribution in [3.63, 3.8) is 0 Å². The fourth-order valence-corrected chi connectivity index (χ4v) is 12.0. The quantitative estimate of drug-likeness (QED) is 0.140. The lowest BCUT2D eigenvalue weighted by Gasteiger charge is -2.35. The van der Waals surface area contributed by atoms with Gasteiger partial charge in [-0.05, 0) is 139 Å². The number of aromatic nitrogens is 1. The van der Waals surface area contributed by atoms with E-state index in [0.717, 1.165) is 39.4 Å². The predicted octanol–water partition coefficient (Wildman–Crippen LogP) is 18.8. The van der Waals surface area contributed by atoms with Crippen LogP contribution in [0.4, 0.5) is 17.1 Å². The molecule has 73 heavy (non-hydrogen) atoms. The van der Waals surface area contributed by atoms with Gasteiger partial charge in [0.15, 0.2) is 0 Å². The first-order valence-electron chi connectivity index (χ1n) is 25.2. The van der Waals surface area contributed by atoms with Crippen LogP contribution < -0.4 is 4.90 Å². The largest absolute Gasteiger partial charge is 0.310 e. The molecule has 2 heteroatoms. The molecule has 0 saturated heterocycles. The minimum absolute atomic E-state index is 0.541. The zero-order valence-corrected chi connectivity index (χ0v) is 40.1. The lowest BCUT2D eigenvalue weighted by atomic mass is 9.67. The smallest absolute Gasteiger partial charge is 0.0714 e. The Labute approximate surface area is 426 Å². The van der Waals surface area contributed by atoms with Crippen molar-refractivity contribution in [1.82, 2.24) is 4.57 Å². The van der Waals surface area contributed by atoms with Gasteiger partial charge >= 0.3 is 0 Å². The zero-order valence-electron chi connectivity index (χ0n) is 40.1. The summed E-state index contributed by atoms with van der Waals surface area (Å²) in [5.74, 6) is 0. The van der Waals surface area contributed by atoms with Crippen LogP contribution in [0.1, 0.15) is 22.3 Å². The first-order chi connectivity index (χ1) is 36.2. The predicted molar refractivity (Wildman–Crippen MR) is 307 cm³/mol. The van der Waals surface area contributed by atoms with Crippen LogP contribution in [-0.4, -0.2) is 4.57 Å². The van der Waals surface area contributed by atoms with Crippen LogP contribution in [-0.2, 0) is 5.41 Å². The molecular formula is C71H48N2. The van der Waals surface area contributed by atoms with Gasteiger partial charge in [0.2, 0.25) is 0 Å². The summed E-state index contributed by atoms with van der Waals surface area (Å²) in [4.78, 5) is 2.49. The van der Waals surface area contributed by atoms with Crippen molar-refractivity contribution in [3.05, 3.63) is 313 Å². The van der Waals surface area contributed by atoms with Crippen molar-refractivity contribution < 1.29 is 0 Å². The molecule has 0 atom stereocenters. The molecule has 12 aromatic carbocycles. The standard InChI is InChI=1S/C71H48N2/c1-5-21-49(22-6-1)54-43-55(50-23-7-2-8-24-50)46-60(45-54)73-69-36-20-17-33-64(69)65-47-53(38-42-70(65)73)61-31-16-19-35-68(61)72(58-39-37-51-25-13-14-26-52(51)44-58)59-40-41-63-62-32-15-18-34-66(62)71(67(63)48-59,56-27-9-3-10-28-56)57-29-11-4-12-30-57/h1-48H. The highest BCUT2D eigenvalue weighted by Gasteiger charge is 2.46. The second-order valence-corrected chi connectivity index (χ2v) is 19.2. The lowest BCUT2D eigenvalue weighted by Crippen LogP contribution is -2.28. The van der Waals surface area contributed by atoms with Crippen molar-refractivity contribution in [3.8, 4) is 50.2 Å². The van der Waals surface area contributed by atoms with Crippen molar-refractivity contribution in [2.45, 2.75) is 5.41 Å². The first-order valence-corrected chi connectivity index (χ1v) is 25.2. The van der Waals surface area contributed by atoms with E-state index in [1.807, 2.05) is 0 Å². The Bertz CT molecular complexity index is 4100. The average molecular weight is 929 g/mol. The Kier molecular flexibility index (Phi) is 10.1. The molecule has 0 fully saturated rings. The minimum atomic E-state index is -0.541. The summed E-state index contributed by atoms with van der Waals surface area (Å²) in [6.45, 7) is 0. The molecule has 342 valence electrons. The summed E-state index contributed by atoms with van der Waals surface area (Å²) >= 11 is 0. The van der Waals surface area contributed by atoms with E-state index in [9.17, 15) is 0 Å². The highest BCUT2D eigenvalue weighted by Crippen LogP contribution is 2.57. The number of nitrogens with zero attached hydrogens (tertiary/aromatic N) is 2. The fraction of sp³-hybridized carbons (Fsp3) is 0.0141. The van der Waals surface area contributed by atoms with Gasteiger partial charge in [-0.25, -0.2) is 0 Å². The van der Waals surface area contributed by atoms with E-state index < -0.39 is 5.41 Å². The van der Waals surface area contributed by atoms with Gasteiger partial charge in [-0.3, -0.25) is 0 Å². The number of rotatable bonds is 9. The van der Waals surface area contributed by atoms with E-state index in [4.69, 9.17) is 0 Å². The second kappa shape index (κ2) is 17.4. The van der Waals surface area contributed by atoms with E-state index in [1.165, 1.54) is 82.7 Å². The van der Waals surface area contributed by atoms with Crippen LogP contribution in [0.3, 0.4) is 0 Å². The highest BCUT2D eigenvalue weighted by molar-refractivity contribution is 6.11. The maximum absolute atomic E-state index is 2.49. The molecule has 0 N–H and O–H groups in total. The second-order valence-electron chi connectivity index (χ2n) is 19.2. The Morgan fingerprint density at radius 2 is 0.822 bits per heavy atom. The zero-order chi connectivity index (χ0) is 48.3. The molecule has 14 rings (SSSR count). The van der Waals surface area contributed by atoms with Gasteiger partial charge in [0, 0.05) is 33.4 Å². The fourth-order valence-electron chi connectivity index (χ4n) is 12.0. The molecule has 13 aromatic rings. The average Bonchev–Trinajstić information content (AvgIpc) is 3.97. The SMILES string of the molecule is c1ccc(-c2cc(-c3ccccc3)cc(-n3c4ccccc4c4cc(-c5ccccc5N(c5ccc6c(c5)C(c5ccccc5)(c5ccccc5)c5ccccc5-6)c5ccc6ccccc6c5)ccc43)c2)cc1. The van der Waals surface area contributed by atoms with E-state index in [1.54, 1.807) is 0 Å².